The Morgan fingerprint density at radius 1 is 1.46 bits per heavy atom. The Kier molecular flexibility index (Phi) is 3.31. The Morgan fingerprint density at radius 3 is 2.69 bits per heavy atom. The van der Waals surface area contributed by atoms with Crippen LogP contribution < -0.4 is 0 Å². The van der Waals surface area contributed by atoms with E-state index >= 15 is 0 Å². The van der Waals surface area contributed by atoms with Crippen LogP contribution >= 0.6 is 15.9 Å². The Morgan fingerprint density at radius 2 is 2.15 bits per heavy atom. The third-order valence-corrected chi connectivity index (χ3v) is 2.02. The molecule has 1 aromatic carbocycles. The van der Waals surface area contributed by atoms with E-state index in [1.807, 2.05) is 0 Å². The number of rotatable bonds is 2. The molecular weight excluding hydrogens is 242 g/mol. The summed E-state index contributed by atoms with van der Waals surface area (Å²) in [5, 5.41) is 0. The van der Waals surface area contributed by atoms with E-state index in [1.54, 1.807) is 0 Å². The summed E-state index contributed by atoms with van der Waals surface area (Å²) >= 11 is 2.91. The lowest BCUT2D eigenvalue weighted by atomic mass is 10.2. The molecule has 0 heterocycles. The van der Waals surface area contributed by atoms with E-state index in [4.69, 9.17) is 0 Å². The maximum absolute atomic E-state index is 12.9. The molecule has 68 valence electrons. The van der Waals surface area contributed by atoms with Gasteiger partial charge >= 0.3 is 0 Å². The number of aldehydes is 1. The second-order valence-corrected chi connectivity index (χ2v) is 3.13. The van der Waals surface area contributed by atoms with E-state index in [2.05, 4.69) is 15.9 Å². The SMILES string of the molecule is O=CC=C(F)c1ccc(F)c(Br)c1. The molecule has 0 aliphatic rings. The van der Waals surface area contributed by atoms with Gasteiger partial charge in [0.25, 0.3) is 0 Å². The molecule has 0 bridgehead atoms. The van der Waals surface area contributed by atoms with Crippen molar-refractivity contribution in [1.29, 1.82) is 0 Å². The van der Waals surface area contributed by atoms with Gasteiger partial charge in [-0.1, -0.05) is 0 Å². The molecular formula is C9H5BrF2O. The molecule has 0 radical (unpaired) electrons. The van der Waals surface area contributed by atoms with E-state index < -0.39 is 11.6 Å². The molecule has 0 unspecified atom stereocenters. The maximum atomic E-state index is 12.9. The Hall–Kier alpha value is -1.03. The topological polar surface area (TPSA) is 17.1 Å². The summed E-state index contributed by atoms with van der Waals surface area (Å²) in [5.74, 6) is -1.15. The summed E-state index contributed by atoms with van der Waals surface area (Å²) in [6.45, 7) is 0. The second kappa shape index (κ2) is 4.28. The molecule has 1 rings (SSSR count). The summed E-state index contributed by atoms with van der Waals surface area (Å²) in [7, 11) is 0. The molecule has 0 amide bonds. The standard InChI is InChI=1S/C9H5BrF2O/c10-7-5-6(1-2-9(7)12)8(11)3-4-13/h1-5H. The highest BCUT2D eigenvalue weighted by Crippen LogP contribution is 2.22. The third kappa shape index (κ3) is 2.45. The first-order valence-corrected chi connectivity index (χ1v) is 4.21. The Balaban J connectivity index is 3.10. The zero-order chi connectivity index (χ0) is 9.84. The maximum Gasteiger partial charge on any atom is 0.145 e. The summed E-state index contributed by atoms with van der Waals surface area (Å²) in [6.07, 6.45) is 1.12. The first kappa shape index (κ1) is 10.1. The molecule has 0 fully saturated rings. The summed E-state index contributed by atoms with van der Waals surface area (Å²) < 4.78 is 25.8. The van der Waals surface area contributed by atoms with E-state index in [1.165, 1.54) is 12.1 Å². The predicted octanol–water partition coefficient (Wildman–Crippen LogP) is 3.10. The quantitative estimate of drug-likeness (QED) is 0.579. The zero-order valence-corrected chi connectivity index (χ0v) is 8.01. The van der Waals surface area contributed by atoms with Gasteiger partial charge in [-0.2, -0.15) is 0 Å². The summed E-state index contributed by atoms with van der Waals surface area (Å²) in [5.41, 5.74) is 0.167. The summed E-state index contributed by atoms with van der Waals surface area (Å²) in [6, 6.07) is 3.65. The van der Waals surface area contributed by atoms with Gasteiger partial charge in [-0.25, -0.2) is 8.78 Å². The molecule has 1 aromatic rings. The van der Waals surface area contributed by atoms with Crippen LogP contribution in [0.5, 0.6) is 0 Å². The van der Waals surface area contributed by atoms with Crippen LogP contribution in [0.25, 0.3) is 5.83 Å². The molecule has 0 spiro atoms. The zero-order valence-electron chi connectivity index (χ0n) is 6.43. The number of hydrogen-bond donors (Lipinski definition) is 0. The molecule has 4 heteroatoms. The van der Waals surface area contributed by atoms with Crippen molar-refractivity contribution in [2.45, 2.75) is 0 Å². The highest BCUT2D eigenvalue weighted by molar-refractivity contribution is 9.10. The van der Waals surface area contributed by atoms with Gasteiger partial charge < -0.3 is 0 Å². The van der Waals surface area contributed by atoms with E-state index in [-0.39, 0.29) is 10.0 Å². The van der Waals surface area contributed by atoms with Gasteiger partial charge in [-0.3, -0.25) is 4.79 Å². The average Bonchev–Trinajstić information content (AvgIpc) is 2.10. The third-order valence-electron chi connectivity index (χ3n) is 1.41. The normalized spacial score (nSPS) is 11.5. The van der Waals surface area contributed by atoms with Crippen LogP contribution in [-0.2, 0) is 4.79 Å². The lowest BCUT2D eigenvalue weighted by molar-refractivity contribution is -0.104. The number of allylic oxidation sites excluding steroid dienone is 1. The van der Waals surface area contributed by atoms with Crippen LogP contribution in [0, 0.1) is 5.82 Å². The van der Waals surface area contributed by atoms with Crippen molar-refractivity contribution in [3.63, 3.8) is 0 Å². The minimum atomic E-state index is -0.685. The van der Waals surface area contributed by atoms with Crippen molar-refractivity contribution in [1.82, 2.24) is 0 Å². The van der Waals surface area contributed by atoms with Crippen LogP contribution in [0.15, 0.2) is 28.7 Å². The van der Waals surface area contributed by atoms with Crippen molar-refractivity contribution in [3.05, 3.63) is 40.1 Å². The van der Waals surface area contributed by atoms with Gasteiger partial charge in [0, 0.05) is 11.6 Å². The lowest BCUT2D eigenvalue weighted by Gasteiger charge is -1.98. The largest absolute Gasteiger partial charge is 0.298 e. The van der Waals surface area contributed by atoms with E-state index in [0.717, 1.165) is 12.1 Å². The van der Waals surface area contributed by atoms with Crippen molar-refractivity contribution in [2.75, 3.05) is 0 Å². The van der Waals surface area contributed by atoms with Gasteiger partial charge in [-0.15, -0.1) is 0 Å². The van der Waals surface area contributed by atoms with Gasteiger partial charge in [0.15, 0.2) is 0 Å². The van der Waals surface area contributed by atoms with Crippen LogP contribution in [0.2, 0.25) is 0 Å². The van der Waals surface area contributed by atoms with Crippen molar-refractivity contribution >= 4 is 28.0 Å². The first-order chi connectivity index (χ1) is 6.15. The van der Waals surface area contributed by atoms with Gasteiger partial charge in [-0.05, 0) is 34.1 Å². The van der Waals surface area contributed by atoms with E-state index in [0.29, 0.717) is 6.29 Å². The summed E-state index contributed by atoms with van der Waals surface area (Å²) in [4.78, 5) is 9.94. The lowest BCUT2D eigenvalue weighted by Crippen LogP contribution is -1.82. The highest BCUT2D eigenvalue weighted by atomic mass is 79.9. The Bertz CT molecular complexity index is 361. The second-order valence-electron chi connectivity index (χ2n) is 2.28. The molecule has 13 heavy (non-hydrogen) atoms. The highest BCUT2D eigenvalue weighted by Gasteiger charge is 2.03. The minimum Gasteiger partial charge on any atom is -0.298 e. The van der Waals surface area contributed by atoms with E-state index in [9.17, 15) is 13.6 Å². The van der Waals surface area contributed by atoms with Crippen molar-refractivity contribution < 1.29 is 13.6 Å². The Labute approximate surface area is 82.2 Å². The molecule has 0 saturated carbocycles. The first-order valence-electron chi connectivity index (χ1n) is 3.41. The fraction of sp³-hybridized carbons (Fsp3) is 0. The van der Waals surface area contributed by atoms with Gasteiger partial charge in [0.2, 0.25) is 0 Å². The van der Waals surface area contributed by atoms with Gasteiger partial charge in [0.05, 0.1) is 4.47 Å². The minimum absolute atomic E-state index is 0.166. The predicted molar refractivity (Wildman–Crippen MR) is 49.2 cm³/mol. The van der Waals surface area contributed by atoms with Crippen molar-refractivity contribution in [2.24, 2.45) is 0 Å². The molecule has 0 saturated heterocycles. The number of carbonyl (C=O) groups is 1. The molecule has 0 aliphatic carbocycles. The smallest absolute Gasteiger partial charge is 0.145 e. The molecule has 0 N–H and O–H groups in total. The number of halogens is 3. The number of benzene rings is 1. The fourth-order valence-electron chi connectivity index (χ4n) is 0.801. The van der Waals surface area contributed by atoms with Crippen LogP contribution in [0.4, 0.5) is 8.78 Å². The molecule has 1 nitrogen and oxygen atoms in total. The van der Waals surface area contributed by atoms with Gasteiger partial charge in [0.1, 0.15) is 17.9 Å². The number of carbonyl (C=O) groups excluding carboxylic acids is 1. The van der Waals surface area contributed by atoms with Crippen molar-refractivity contribution in [3.8, 4) is 0 Å². The molecule has 0 aromatic heterocycles. The fourth-order valence-corrected chi connectivity index (χ4v) is 1.18. The van der Waals surface area contributed by atoms with Crippen LogP contribution in [-0.4, -0.2) is 6.29 Å². The molecule has 0 atom stereocenters. The monoisotopic (exact) mass is 246 g/mol. The number of hydrogen-bond acceptors (Lipinski definition) is 1. The van der Waals surface area contributed by atoms with Crippen LogP contribution in [0.3, 0.4) is 0 Å². The van der Waals surface area contributed by atoms with Crippen LogP contribution in [0.1, 0.15) is 5.56 Å². The average molecular weight is 247 g/mol. The molecule has 0 aliphatic heterocycles.